The quantitative estimate of drug-likeness (QED) is 0.175. The van der Waals surface area contributed by atoms with E-state index in [4.69, 9.17) is 14.2 Å². The van der Waals surface area contributed by atoms with E-state index in [0.29, 0.717) is 27.3 Å². The van der Waals surface area contributed by atoms with Crippen molar-refractivity contribution < 1.29 is 28.2 Å². The predicted molar refractivity (Wildman–Crippen MR) is 112 cm³/mol. The van der Waals surface area contributed by atoms with Crippen LogP contribution in [0.4, 0.5) is 4.39 Å². The molecule has 28 heavy (non-hydrogen) atoms. The molecule has 0 atom stereocenters. The van der Waals surface area contributed by atoms with Crippen LogP contribution in [-0.4, -0.2) is 37.4 Å². The largest absolute Gasteiger partial charge is 0.493 e. The number of fused-ring (bicyclic) bond motifs is 1. The number of carbonyl (C=O) groups is 2. The molecule has 0 radical (unpaired) electrons. The molecular weight excluding hydrogens is 451 g/mol. The second-order valence-electron chi connectivity index (χ2n) is 6.07. The van der Waals surface area contributed by atoms with E-state index in [-0.39, 0.29) is 31.0 Å². The summed E-state index contributed by atoms with van der Waals surface area (Å²) in [6, 6.07) is 3.19. The third-order valence-electron chi connectivity index (χ3n) is 4.06. The van der Waals surface area contributed by atoms with Crippen LogP contribution in [0, 0.1) is 5.82 Å². The van der Waals surface area contributed by atoms with Crippen LogP contribution in [0.25, 0.3) is 10.1 Å². The van der Waals surface area contributed by atoms with Crippen LogP contribution in [0.15, 0.2) is 12.1 Å². The van der Waals surface area contributed by atoms with Gasteiger partial charge in [-0.15, -0.1) is 11.3 Å². The fourth-order valence-electron chi connectivity index (χ4n) is 2.64. The highest BCUT2D eigenvalue weighted by Gasteiger charge is 2.20. The van der Waals surface area contributed by atoms with Crippen LogP contribution in [0.5, 0.6) is 11.5 Å². The Bertz CT molecular complexity index is 821. The lowest BCUT2D eigenvalue weighted by atomic mass is 10.1. The third-order valence-corrected chi connectivity index (χ3v) is 5.75. The third kappa shape index (κ3) is 5.91. The number of Topliss-reactive ketones (excluding diaryl/α,β-unsaturated/α-hetero) is 1. The Kier molecular flexibility index (Phi) is 9.18. The van der Waals surface area contributed by atoms with Crippen LogP contribution in [-0.2, 0) is 9.53 Å². The van der Waals surface area contributed by atoms with Gasteiger partial charge >= 0.3 is 5.97 Å². The van der Waals surface area contributed by atoms with E-state index in [1.54, 1.807) is 13.0 Å². The van der Waals surface area contributed by atoms with E-state index in [1.165, 1.54) is 24.5 Å². The normalized spacial score (nSPS) is 10.9. The summed E-state index contributed by atoms with van der Waals surface area (Å²) >= 11 is 4.55. The molecule has 5 nitrogen and oxygen atoms in total. The summed E-state index contributed by atoms with van der Waals surface area (Å²) in [4.78, 5) is 24.2. The number of alkyl halides is 1. The maximum atomic E-state index is 15.0. The number of esters is 1. The van der Waals surface area contributed by atoms with E-state index < -0.39 is 11.8 Å². The molecule has 0 aliphatic rings. The van der Waals surface area contributed by atoms with E-state index >= 15 is 0 Å². The molecule has 0 N–H and O–H groups in total. The molecule has 0 aliphatic carbocycles. The highest BCUT2D eigenvalue weighted by atomic mass is 79.9. The molecule has 0 fully saturated rings. The molecule has 0 saturated carbocycles. The van der Waals surface area contributed by atoms with Crippen molar-refractivity contribution in [2.24, 2.45) is 0 Å². The van der Waals surface area contributed by atoms with Crippen LogP contribution >= 0.6 is 27.3 Å². The summed E-state index contributed by atoms with van der Waals surface area (Å²) in [6.45, 7) is 2.38. The van der Waals surface area contributed by atoms with E-state index in [0.717, 1.165) is 24.6 Å². The Morgan fingerprint density at radius 3 is 2.64 bits per heavy atom. The average molecular weight is 475 g/mol. The van der Waals surface area contributed by atoms with Gasteiger partial charge in [-0.1, -0.05) is 15.9 Å². The van der Waals surface area contributed by atoms with Gasteiger partial charge in [0.05, 0.1) is 31.6 Å². The SMILES string of the molecule is CCOC(=O)CCC(=O)c1cc2c(F)c(OCCCCCBr)c(OC)cc2s1. The van der Waals surface area contributed by atoms with Gasteiger partial charge < -0.3 is 14.2 Å². The first-order valence-corrected chi connectivity index (χ1v) is 11.1. The number of methoxy groups -OCH3 is 1. The van der Waals surface area contributed by atoms with Gasteiger partial charge in [0.2, 0.25) is 0 Å². The second-order valence-corrected chi connectivity index (χ2v) is 7.95. The van der Waals surface area contributed by atoms with Gasteiger partial charge in [-0.2, -0.15) is 0 Å². The number of halogens is 2. The summed E-state index contributed by atoms with van der Waals surface area (Å²) in [5, 5.41) is 1.25. The van der Waals surface area contributed by atoms with Gasteiger partial charge in [-0.25, -0.2) is 4.39 Å². The summed E-state index contributed by atoms with van der Waals surface area (Å²) in [7, 11) is 1.46. The minimum absolute atomic E-state index is 0.00941. The Morgan fingerprint density at radius 2 is 1.96 bits per heavy atom. The van der Waals surface area contributed by atoms with Crippen LogP contribution < -0.4 is 9.47 Å². The fourth-order valence-corrected chi connectivity index (χ4v) is 4.09. The summed E-state index contributed by atoms with van der Waals surface area (Å²) in [5.74, 6) is -0.796. The standard InChI is InChI=1S/C20H24BrFO5S/c1-3-26-18(24)8-7-14(23)17-11-13-16(28-17)12-15(25-2)20(19(13)22)27-10-6-4-5-9-21/h11-12H,3-10H2,1-2H3. The molecule has 154 valence electrons. The monoisotopic (exact) mass is 474 g/mol. The van der Waals surface area contributed by atoms with Crippen molar-refractivity contribution in [2.75, 3.05) is 25.7 Å². The molecule has 0 saturated heterocycles. The van der Waals surface area contributed by atoms with Crippen molar-refractivity contribution >= 4 is 49.1 Å². The first kappa shape index (κ1) is 22.6. The Labute approximate surface area is 176 Å². The van der Waals surface area contributed by atoms with Crippen LogP contribution in [0.1, 0.15) is 48.7 Å². The molecule has 0 unspecified atom stereocenters. The number of hydrogen-bond donors (Lipinski definition) is 0. The van der Waals surface area contributed by atoms with E-state index in [2.05, 4.69) is 15.9 Å². The van der Waals surface area contributed by atoms with Crippen molar-refractivity contribution in [1.29, 1.82) is 0 Å². The Morgan fingerprint density at radius 1 is 1.18 bits per heavy atom. The minimum Gasteiger partial charge on any atom is -0.493 e. The predicted octanol–water partition coefficient (Wildman–Crippen LogP) is 5.52. The first-order valence-electron chi connectivity index (χ1n) is 9.19. The lowest BCUT2D eigenvalue weighted by molar-refractivity contribution is -0.143. The van der Waals surface area contributed by atoms with Crippen molar-refractivity contribution in [1.82, 2.24) is 0 Å². The Hall–Kier alpha value is -1.67. The number of benzene rings is 1. The second kappa shape index (κ2) is 11.4. The van der Waals surface area contributed by atoms with Crippen molar-refractivity contribution in [3.63, 3.8) is 0 Å². The number of rotatable bonds is 12. The minimum atomic E-state index is -0.532. The molecule has 1 aromatic carbocycles. The van der Waals surface area contributed by atoms with Gasteiger partial charge in [0.15, 0.2) is 23.1 Å². The zero-order valence-electron chi connectivity index (χ0n) is 16.0. The topological polar surface area (TPSA) is 61.8 Å². The number of thiophene rings is 1. The van der Waals surface area contributed by atoms with Crippen LogP contribution in [0.2, 0.25) is 0 Å². The lowest BCUT2D eigenvalue weighted by Crippen LogP contribution is -2.07. The van der Waals surface area contributed by atoms with Crippen molar-refractivity contribution in [2.45, 2.75) is 39.0 Å². The summed E-state index contributed by atoms with van der Waals surface area (Å²) in [5.41, 5.74) is 0. The lowest BCUT2D eigenvalue weighted by Gasteiger charge is -2.12. The first-order chi connectivity index (χ1) is 13.5. The molecule has 1 aromatic heterocycles. The van der Waals surface area contributed by atoms with Gasteiger partial charge in [-0.3, -0.25) is 9.59 Å². The van der Waals surface area contributed by atoms with Gasteiger partial charge in [0, 0.05) is 27.9 Å². The summed E-state index contributed by atoms with van der Waals surface area (Å²) in [6.07, 6.45) is 2.86. The van der Waals surface area contributed by atoms with E-state index in [9.17, 15) is 14.0 Å². The zero-order chi connectivity index (χ0) is 20.5. The molecule has 0 amide bonds. The number of ketones is 1. The molecule has 0 aliphatic heterocycles. The molecule has 8 heteroatoms. The van der Waals surface area contributed by atoms with Crippen molar-refractivity contribution in [3.8, 4) is 11.5 Å². The molecule has 2 rings (SSSR count). The highest BCUT2D eigenvalue weighted by molar-refractivity contribution is 9.09. The van der Waals surface area contributed by atoms with Crippen LogP contribution in [0.3, 0.4) is 0 Å². The Balaban J connectivity index is 2.16. The maximum absolute atomic E-state index is 15.0. The number of unbranched alkanes of at least 4 members (excludes halogenated alkanes) is 2. The molecule has 0 spiro atoms. The average Bonchev–Trinajstić information content (AvgIpc) is 3.12. The molecule has 0 bridgehead atoms. The molecular formula is C20H24BrFO5S. The van der Waals surface area contributed by atoms with Gasteiger partial charge in [-0.05, 0) is 32.3 Å². The maximum Gasteiger partial charge on any atom is 0.306 e. The molecule has 1 heterocycles. The van der Waals surface area contributed by atoms with Crippen molar-refractivity contribution in [3.05, 3.63) is 22.8 Å². The summed E-state index contributed by atoms with van der Waals surface area (Å²) < 4.78 is 31.3. The number of carbonyl (C=O) groups excluding carboxylic acids is 2. The molecule has 2 aromatic rings. The fraction of sp³-hybridized carbons (Fsp3) is 0.500. The van der Waals surface area contributed by atoms with E-state index in [1.807, 2.05) is 0 Å². The number of hydrogen-bond acceptors (Lipinski definition) is 6. The highest BCUT2D eigenvalue weighted by Crippen LogP contribution is 2.40. The zero-order valence-corrected chi connectivity index (χ0v) is 18.4. The number of ether oxygens (including phenoxy) is 3. The smallest absolute Gasteiger partial charge is 0.306 e. The van der Waals surface area contributed by atoms with Gasteiger partial charge in [0.1, 0.15) is 0 Å². The van der Waals surface area contributed by atoms with Gasteiger partial charge in [0.25, 0.3) is 0 Å².